The molecule has 0 spiro atoms. The number of thiazole rings is 1. The normalized spacial score (nSPS) is 24.1. The van der Waals surface area contributed by atoms with Crippen molar-refractivity contribution in [2.24, 2.45) is 0 Å². The highest BCUT2D eigenvalue weighted by molar-refractivity contribution is 7.66. The number of rotatable bonds is 11. The Morgan fingerprint density at radius 3 is 2.29 bits per heavy atom. The molecule has 2 aromatic heterocycles. The van der Waals surface area contributed by atoms with Crippen LogP contribution in [0.25, 0.3) is 10.6 Å². The summed E-state index contributed by atoms with van der Waals surface area (Å²) >= 11 is 1.24. The van der Waals surface area contributed by atoms with Crippen molar-refractivity contribution < 1.29 is 61.4 Å². The van der Waals surface area contributed by atoms with E-state index in [4.69, 9.17) is 14.5 Å². The monoisotopic (exact) mass is 657 g/mol. The number of aliphatic hydroxyl groups excluding tert-OH is 2. The molecule has 0 amide bonds. The maximum Gasteiger partial charge on any atom is 0.490 e. The van der Waals surface area contributed by atoms with Gasteiger partial charge in [-0.05, 0) is 0 Å². The molecule has 224 valence electrons. The number of hydrogen-bond acceptors (Lipinski definition) is 13. The zero-order valence-electron chi connectivity index (χ0n) is 20.3. The fraction of sp³-hybridized carbons (Fsp3) is 0.316. The topological polar surface area (TPSA) is 266 Å². The van der Waals surface area contributed by atoms with Crippen molar-refractivity contribution in [1.82, 2.24) is 14.1 Å². The lowest BCUT2D eigenvalue weighted by Gasteiger charge is -2.19. The quantitative estimate of drug-likeness (QED) is 0.150. The van der Waals surface area contributed by atoms with Crippen LogP contribution in [0.4, 0.5) is 0 Å². The van der Waals surface area contributed by atoms with Crippen LogP contribution in [0.15, 0.2) is 58.4 Å². The third kappa shape index (κ3) is 8.01. The number of aromatic nitrogens is 3. The van der Waals surface area contributed by atoms with Crippen molar-refractivity contribution >= 4 is 34.8 Å². The number of benzene rings is 1. The number of phosphoric ester groups is 1. The van der Waals surface area contributed by atoms with Gasteiger partial charge in [-0.2, -0.15) is 8.62 Å². The van der Waals surface area contributed by atoms with Crippen LogP contribution in [0, 0.1) is 0 Å². The van der Waals surface area contributed by atoms with E-state index in [0.717, 1.165) is 27.0 Å². The van der Waals surface area contributed by atoms with E-state index in [1.54, 1.807) is 0 Å². The van der Waals surface area contributed by atoms with Crippen LogP contribution in [0.3, 0.4) is 0 Å². The van der Waals surface area contributed by atoms with E-state index in [1.807, 2.05) is 30.3 Å². The van der Waals surface area contributed by atoms with Gasteiger partial charge in [0.1, 0.15) is 23.3 Å². The van der Waals surface area contributed by atoms with Crippen molar-refractivity contribution in [3.8, 4) is 10.6 Å². The largest absolute Gasteiger partial charge is 0.490 e. The van der Waals surface area contributed by atoms with Crippen LogP contribution in [0.1, 0.15) is 11.1 Å². The number of phosphoric acid groups is 3. The van der Waals surface area contributed by atoms with Gasteiger partial charge in [-0.1, -0.05) is 30.3 Å². The Morgan fingerprint density at radius 2 is 1.63 bits per heavy atom. The third-order valence-electron chi connectivity index (χ3n) is 5.41. The molecule has 0 saturated carbocycles. The number of ether oxygens (including phenoxy) is 1. The SMILES string of the molecule is O=c1ccn([C@@H]2O[C@H](COP(=O)(O)OP(=O)(O)OP(=O)(O)O)C(O)C2O)c(=O)n1Cc1cnc(-c2ccccc2)s1. The molecule has 1 aliphatic rings. The highest BCUT2D eigenvalue weighted by Crippen LogP contribution is 2.66. The highest BCUT2D eigenvalue weighted by atomic mass is 32.1. The fourth-order valence-corrected chi connectivity index (χ4v) is 7.63. The molecule has 6 N–H and O–H groups in total. The summed E-state index contributed by atoms with van der Waals surface area (Å²) in [5.41, 5.74) is -0.782. The first kappa shape index (κ1) is 31.7. The summed E-state index contributed by atoms with van der Waals surface area (Å²) in [6, 6.07) is 10.2. The molecule has 0 radical (unpaired) electrons. The Bertz CT molecular complexity index is 1650. The standard InChI is InChI=1S/C19H22N3O15P3S/c23-14-6-7-21(19(26)22(14)9-12-8-20-17(41-12)11-4-2-1-3-5-11)18-16(25)15(24)13(35-18)10-34-39(30,31)37-40(32,33)36-38(27,28)29/h1-8,13,15-16,18,24-25H,9-10H2,(H,30,31)(H,32,33)(H2,27,28,29)/t13-,15?,16?,18-/m1/s1. The maximum atomic E-state index is 13.2. The average Bonchev–Trinajstić information content (AvgIpc) is 3.44. The van der Waals surface area contributed by atoms with Crippen LogP contribution < -0.4 is 11.2 Å². The molecule has 1 aromatic carbocycles. The van der Waals surface area contributed by atoms with Gasteiger partial charge in [0, 0.05) is 28.9 Å². The summed E-state index contributed by atoms with van der Waals surface area (Å²) in [6.07, 6.45) is -4.38. The minimum Gasteiger partial charge on any atom is -0.387 e. The molecule has 18 nitrogen and oxygen atoms in total. The maximum absolute atomic E-state index is 13.2. The summed E-state index contributed by atoms with van der Waals surface area (Å²) in [5.74, 6) is 0. The lowest BCUT2D eigenvalue weighted by Crippen LogP contribution is -2.43. The fourth-order valence-electron chi connectivity index (χ4n) is 3.69. The zero-order chi connectivity index (χ0) is 30.2. The number of aliphatic hydroxyl groups is 2. The lowest BCUT2D eigenvalue weighted by atomic mass is 10.1. The molecular weight excluding hydrogens is 635 g/mol. The van der Waals surface area contributed by atoms with Crippen LogP contribution >= 0.6 is 34.8 Å². The van der Waals surface area contributed by atoms with Gasteiger partial charge in [0.25, 0.3) is 5.56 Å². The zero-order valence-corrected chi connectivity index (χ0v) is 23.8. The first-order valence-corrected chi connectivity index (χ1v) is 16.5. The Labute approximate surface area is 233 Å². The van der Waals surface area contributed by atoms with Gasteiger partial charge < -0.3 is 34.5 Å². The minimum absolute atomic E-state index is 0.177. The van der Waals surface area contributed by atoms with Gasteiger partial charge in [-0.15, -0.1) is 11.3 Å². The molecule has 41 heavy (non-hydrogen) atoms. The third-order valence-corrected chi connectivity index (χ3v) is 10.2. The molecule has 1 saturated heterocycles. The predicted octanol–water partition coefficient (Wildman–Crippen LogP) is 0.144. The highest BCUT2D eigenvalue weighted by Gasteiger charge is 2.47. The number of hydrogen-bond donors (Lipinski definition) is 6. The predicted molar refractivity (Wildman–Crippen MR) is 137 cm³/mol. The van der Waals surface area contributed by atoms with E-state index < -0.39 is 65.9 Å². The molecule has 22 heteroatoms. The molecule has 3 heterocycles. The molecule has 1 aliphatic heterocycles. The molecule has 4 unspecified atom stereocenters. The summed E-state index contributed by atoms with van der Waals surface area (Å²) in [6.45, 7) is -1.25. The van der Waals surface area contributed by atoms with E-state index in [-0.39, 0.29) is 6.54 Å². The Hall–Kier alpha value is -2.18. The summed E-state index contributed by atoms with van der Waals surface area (Å²) < 4.78 is 52.8. The van der Waals surface area contributed by atoms with Crippen molar-refractivity contribution in [2.45, 2.75) is 31.1 Å². The molecular formula is C19H22N3O15P3S. The number of nitrogens with zero attached hydrogens (tertiary/aromatic N) is 3. The summed E-state index contributed by atoms with van der Waals surface area (Å²) in [7, 11) is -16.9. The van der Waals surface area contributed by atoms with E-state index in [0.29, 0.717) is 9.88 Å². The molecule has 1 fully saturated rings. The second kappa shape index (κ2) is 12.2. The molecule has 6 atom stereocenters. The second-order valence-electron chi connectivity index (χ2n) is 8.36. The van der Waals surface area contributed by atoms with Gasteiger partial charge in [-0.3, -0.25) is 18.5 Å². The van der Waals surface area contributed by atoms with Gasteiger partial charge in [0.15, 0.2) is 6.23 Å². The Kier molecular flexibility index (Phi) is 9.45. The van der Waals surface area contributed by atoms with E-state index >= 15 is 0 Å². The van der Waals surface area contributed by atoms with Crippen LogP contribution in [-0.4, -0.2) is 68.8 Å². The van der Waals surface area contributed by atoms with Gasteiger partial charge in [0.2, 0.25) is 0 Å². The van der Waals surface area contributed by atoms with E-state index in [9.17, 15) is 43.3 Å². The molecule has 3 aromatic rings. The van der Waals surface area contributed by atoms with Gasteiger partial charge >= 0.3 is 29.2 Å². The van der Waals surface area contributed by atoms with Crippen molar-refractivity contribution in [2.75, 3.05) is 6.61 Å². The Balaban J connectivity index is 1.48. The lowest BCUT2D eigenvalue weighted by molar-refractivity contribution is -0.0547. The first-order valence-electron chi connectivity index (χ1n) is 11.2. The van der Waals surface area contributed by atoms with Crippen molar-refractivity contribution in [3.63, 3.8) is 0 Å². The second-order valence-corrected chi connectivity index (χ2v) is 13.9. The van der Waals surface area contributed by atoms with Crippen molar-refractivity contribution in [3.05, 3.63) is 74.5 Å². The van der Waals surface area contributed by atoms with Gasteiger partial charge in [-0.25, -0.2) is 23.5 Å². The van der Waals surface area contributed by atoms with Crippen molar-refractivity contribution in [1.29, 1.82) is 0 Å². The van der Waals surface area contributed by atoms with E-state index in [2.05, 4.69) is 18.1 Å². The average molecular weight is 657 g/mol. The summed E-state index contributed by atoms with van der Waals surface area (Å²) in [5, 5.41) is 21.5. The minimum atomic E-state index is -5.78. The molecule has 4 rings (SSSR count). The smallest absolute Gasteiger partial charge is 0.387 e. The Morgan fingerprint density at radius 1 is 0.951 bits per heavy atom. The molecule has 0 bridgehead atoms. The van der Waals surface area contributed by atoms with Crippen LogP contribution in [0.2, 0.25) is 0 Å². The summed E-state index contributed by atoms with van der Waals surface area (Å²) in [4.78, 5) is 66.5. The van der Waals surface area contributed by atoms with Crippen LogP contribution in [-0.2, 0) is 38.1 Å². The van der Waals surface area contributed by atoms with E-state index in [1.165, 1.54) is 17.5 Å². The molecule has 0 aliphatic carbocycles. The van der Waals surface area contributed by atoms with Crippen LogP contribution in [0.5, 0.6) is 0 Å². The first-order chi connectivity index (χ1) is 19.1. The van der Waals surface area contributed by atoms with Gasteiger partial charge in [0.05, 0.1) is 13.2 Å².